The smallest absolute Gasteiger partial charge is 0.307 e. The summed E-state index contributed by atoms with van der Waals surface area (Å²) in [7, 11) is 0. The van der Waals surface area contributed by atoms with Gasteiger partial charge in [0.25, 0.3) is 0 Å². The van der Waals surface area contributed by atoms with E-state index in [-0.39, 0.29) is 4.87 Å². The predicted octanol–water partition coefficient (Wildman–Crippen LogP) is 1.18. The Morgan fingerprint density at radius 1 is 1.44 bits per heavy atom. The lowest BCUT2D eigenvalue weighted by Gasteiger charge is -2.03. The molecule has 0 amide bonds. The number of rotatable bonds is 4. The van der Waals surface area contributed by atoms with Crippen LogP contribution >= 0.6 is 11.3 Å². The third-order valence-electron chi connectivity index (χ3n) is 2.04. The SMILES string of the molecule is CCNc1cnc(Cn2ccsc2=O)cn1. The molecule has 1 N–H and O–H groups in total. The lowest BCUT2D eigenvalue weighted by atomic mass is 10.4. The van der Waals surface area contributed by atoms with Gasteiger partial charge in [0.15, 0.2) is 0 Å². The first-order valence-corrected chi connectivity index (χ1v) is 5.86. The van der Waals surface area contributed by atoms with Gasteiger partial charge in [-0.2, -0.15) is 0 Å². The van der Waals surface area contributed by atoms with E-state index in [4.69, 9.17) is 0 Å². The topological polar surface area (TPSA) is 59.8 Å². The van der Waals surface area contributed by atoms with Crippen LogP contribution in [0, 0.1) is 0 Å². The number of nitrogens with zero attached hydrogens (tertiary/aromatic N) is 3. The monoisotopic (exact) mass is 236 g/mol. The molecule has 2 aromatic heterocycles. The summed E-state index contributed by atoms with van der Waals surface area (Å²) in [5.74, 6) is 0.754. The highest BCUT2D eigenvalue weighted by Gasteiger charge is 2.00. The highest BCUT2D eigenvalue weighted by molar-refractivity contribution is 7.07. The standard InChI is InChI=1S/C10H12N4OS/c1-2-11-9-6-12-8(5-13-9)7-14-3-4-16-10(14)15/h3-6H,2,7H2,1H3,(H,11,13). The van der Waals surface area contributed by atoms with Crippen LogP contribution in [0.2, 0.25) is 0 Å². The fourth-order valence-corrected chi connectivity index (χ4v) is 1.88. The maximum Gasteiger partial charge on any atom is 0.307 e. The number of anilines is 1. The molecular weight excluding hydrogens is 224 g/mol. The summed E-state index contributed by atoms with van der Waals surface area (Å²) in [6.45, 7) is 3.29. The summed E-state index contributed by atoms with van der Waals surface area (Å²) in [6, 6.07) is 0. The van der Waals surface area contributed by atoms with Crippen molar-refractivity contribution in [3.63, 3.8) is 0 Å². The molecule has 2 aromatic rings. The number of nitrogens with one attached hydrogen (secondary N) is 1. The Hall–Kier alpha value is -1.69. The molecule has 0 unspecified atom stereocenters. The van der Waals surface area contributed by atoms with Gasteiger partial charge in [-0.15, -0.1) is 0 Å². The minimum absolute atomic E-state index is 0.0255. The Morgan fingerprint density at radius 2 is 2.31 bits per heavy atom. The molecule has 0 saturated carbocycles. The molecule has 0 aliphatic carbocycles. The van der Waals surface area contributed by atoms with Crippen LogP contribution in [-0.4, -0.2) is 21.1 Å². The van der Waals surface area contributed by atoms with E-state index in [2.05, 4.69) is 15.3 Å². The molecule has 2 rings (SSSR count). The Bertz CT molecular complexity index is 502. The van der Waals surface area contributed by atoms with Crippen LogP contribution < -0.4 is 10.2 Å². The first-order valence-electron chi connectivity index (χ1n) is 4.98. The summed E-state index contributed by atoms with van der Waals surface area (Å²) in [5, 5.41) is 4.83. The van der Waals surface area contributed by atoms with Crippen LogP contribution in [0.5, 0.6) is 0 Å². The van der Waals surface area contributed by atoms with Gasteiger partial charge in [-0.1, -0.05) is 11.3 Å². The lowest BCUT2D eigenvalue weighted by molar-refractivity contribution is 0.756. The van der Waals surface area contributed by atoms with Crippen molar-refractivity contribution in [2.45, 2.75) is 13.5 Å². The van der Waals surface area contributed by atoms with Gasteiger partial charge in [-0.3, -0.25) is 14.3 Å². The van der Waals surface area contributed by atoms with Crippen LogP contribution in [0.3, 0.4) is 0 Å². The van der Waals surface area contributed by atoms with Crippen LogP contribution in [-0.2, 0) is 6.54 Å². The lowest BCUT2D eigenvalue weighted by Crippen LogP contribution is -2.13. The van der Waals surface area contributed by atoms with E-state index in [1.807, 2.05) is 6.92 Å². The van der Waals surface area contributed by atoms with Gasteiger partial charge in [0.05, 0.1) is 24.6 Å². The molecule has 5 nitrogen and oxygen atoms in total. The molecule has 0 saturated heterocycles. The molecule has 6 heteroatoms. The molecule has 16 heavy (non-hydrogen) atoms. The molecule has 0 bridgehead atoms. The van der Waals surface area contributed by atoms with Crippen molar-refractivity contribution in [3.05, 3.63) is 39.3 Å². The maximum atomic E-state index is 11.3. The van der Waals surface area contributed by atoms with Gasteiger partial charge in [0, 0.05) is 18.1 Å². The van der Waals surface area contributed by atoms with E-state index in [0.717, 1.165) is 18.1 Å². The van der Waals surface area contributed by atoms with Crippen molar-refractivity contribution in [3.8, 4) is 0 Å². The fraction of sp³-hybridized carbons (Fsp3) is 0.300. The van der Waals surface area contributed by atoms with Crippen molar-refractivity contribution >= 4 is 17.2 Å². The number of hydrogen-bond acceptors (Lipinski definition) is 5. The average molecular weight is 236 g/mol. The first kappa shape index (κ1) is 10.8. The Balaban J connectivity index is 2.11. The van der Waals surface area contributed by atoms with Crippen LogP contribution in [0.4, 0.5) is 5.82 Å². The summed E-state index contributed by atoms with van der Waals surface area (Å²) in [5.41, 5.74) is 0.780. The van der Waals surface area contributed by atoms with Crippen molar-refractivity contribution in [1.82, 2.24) is 14.5 Å². The molecule has 0 spiro atoms. The zero-order chi connectivity index (χ0) is 11.4. The normalized spacial score (nSPS) is 10.3. The predicted molar refractivity (Wildman–Crippen MR) is 63.9 cm³/mol. The van der Waals surface area contributed by atoms with E-state index in [1.54, 1.807) is 28.5 Å². The van der Waals surface area contributed by atoms with Gasteiger partial charge in [0.1, 0.15) is 5.82 Å². The van der Waals surface area contributed by atoms with Crippen molar-refractivity contribution in [2.24, 2.45) is 0 Å². The fourth-order valence-electron chi connectivity index (χ4n) is 1.29. The minimum Gasteiger partial charge on any atom is -0.369 e. The summed E-state index contributed by atoms with van der Waals surface area (Å²) < 4.78 is 1.61. The zero-order valence-corrected chi connectivity index (χ0v) is 9.70. The molecule has 0 fully saturated rings. The quantitative estimate of drug-likeness (QED) is 0.866. The largest absolute Gasteiger partial charge is 0.369 e. The Labute approximate surface area is 96.8 Å². The number of hydrogen-bond donors (Lipinski definition) is 1. The second-order valence-corrected chi connectivity index (χ2v) is 4.08. The first-order chi connectivity index (χ1) is 7.79. The molecule has 2 heterocycles. The van der Waals surface area contributed by atoms with Crippen molar-refractivity contribution < 1.29 is 0 Å². The number of thiazole rings is 1. The molecule has 0 atom stereocenters. The second kappa shape index (κ2) is 4.89. The van der Waals surface area contributed by atoms with E-state index in [9.17, 15) is 4.79 Å². The van der Waals surface area contributed by atoms with Crippen LogP contribution in [0.1, 0.15) is 12.6 Å². The van der Waals surface area contributed by atoms with Crippen molar-refractivity contribution in [1.29, 1.82) is 0 Å². The second-order valence-electron chi connectivity index (χ2n) is 3.22. The molecule has 0 radical (unpaired) electrons. The van der Waals surface area contributed by atoms with E-state index >= 15 is 0 Å². The molecule has 84 valence electrons. The Kier molecular flexibility index (Phi) is 3.31. The van der Waals surface area contributed by atoms with E-state index < -0.39 is 0 Å². The van der Waals surface area contributed by atoms with E-state index in [1.165, 1.54) is 11.3 Å². The van der Waals surface area contributed by atoms with Crippen molar-refractivity contribution in [2.75, 3.05) is 11.9 Å². The van der Waals surface area contributed by atoms with Gasteiger partial charge >= 0.3 is 4.87 Å². The third-order valence-corrected chi connectivity index (χ3v) is 2.73. The summed E-state index contributed by atoms with van der Waals surface area (Å²) in [6.07, 6.45) is 5.12. The third kappa shape index (κ3) is 2.46. The number of aromatic nitrogens is 3. The van der Waals surface area contributed by atoms with Gasteiger partial charge < -0.3 is 5.32 Å². The van der Waals surface area contributed by atoms with E-state index in [0.29, 0.717) is 6.54 Å². The average Bonchev–Trinajstić information content (AvgIpc) is 2.68. The van der Waals surface area contributed by atoms with Crippen LogP contribution in [0.25, 0.3) is 0 Å². The molecular formula is C10H12N4OS. The van der Waals surface area contributed by atoms with Gasteiger partial charge in [0.2, 0.25) is 0 Å². The summed E-state index contributed by atoms with van der Waals surface area (Å²) in [4.78, 5) is 19.8. The highest BCUT2D eigenvalue weighted by atomic mass is 32.1. The molecule has 0 aromatic carbocycles. The maximum absolute atomic E-state index is 11.3. The highest BCUT2D eigenvalue weighted by Crippen LogP contribution is 2.02. The molecule has 0 aliphatic heterocycles. The van der Waals surface area contributed by atoms with Crippen LogP contribution in [0.15, 0.2) is 28.8 Å². The zero-order valence-electron chi connectivity index (χ0n) is 8.88. The Morgan fingerprint density at radius 3 is 2.88 bits per heavy atom. The van der Waals surface area contributed by atoms with Gasteiger partial charge in [-0.25, -0.2) is 4.98 Å². The summed E-state index contributed by atoms with van der Waals surface area (Å²) >= 11 is 1.18. The molecule has 0 aliphatic rings. The van der Waals surface area contributed by atoms with Gasteiger partial charge in [-0.05, 0) is 6.92 Å². The minimum atomic E-state index is 0.0255.